The lowest BCUT2D eigenvalue weighted by Crippen LogP contribution is -2.30. The zero-order valence-electron chi connectivity index (χ0n) is 9.46. The van der Waals surface area contributed by atoms with Gasteiger partial charge in [-0.2, -0.15) is 0 Å². The first-order chi connectivity index (χ1) is 8.18. The maximum atomic E-state index is 11.8. The number of rotatable bonds is 4. The minimum Gasteiger partial charge on any atom is -0.348 e. The molecule has 0 radical (unpaired) electrons. The second-order valence-corrected chi connectivity index (χ2v) is 4.41. The fourth-order valence-corrected chi connectivity index (χ4v) is 2.48. The standard InChI is InChI=1S/C11H15N3O3/c15-10-4-2-1-3-8(10)9(7-14(16)17)11-12-5-6-13-11/h5-6,8-9H,1-4,7H2,(H,12,13). The van der Waals surface area contributed by atoms with Gasteiger partial charge in [-0.25, -0.2) is 4.98 Å². The minimum atomic E-state index is -0.409. The van der Waals surface area contributed by atoms with E-state index in [1.54, 1.807) is 12.4 Å². The van der Waals surface area contributed by atoms with Crippen molar-refractivity contribution < 1.29 is 9.72 Å². The second-order valence-electron chi connectivity index (χ2n) is 4.41. The lowest BCUT2D eigenvalue weighted by molar-refractivity contribution is -0.484. The number of carbonyl (C=O) groups excluding carboxylic acids is 1. The molecule has 1 aliphatic carbocycles. The van der Waals surface area contributed by atoms with E-state index in [0.29, 0.717) is 12.2 Å². The van der Waals surface area contributed by atoms with Crippen molar-refractivity contribution in [2.75, 3.05) is 6.54 Å². The number of carbonyl (C=O) groups is 1. The average molecular weight is 237 g/mol. The van der Waals surface area contributed by atoms with Gasteiger partial charge in [-0.1, -0.05) is 6.42 Å². The van der Waals surface area contributed by atoms with E-state index >= 15 is 0 Å². The van der Waals surface area contributed by atoms with Crippen molar-refractivity contribution >= 4 is 5.78 Å². The minimum absolute atomic E-state index is 0.138. The molecule has 0 amide bonds. The Morgan fingerprint density at radius 2 is 2.41 bits per heavy atom. The Hall–Kier alpha value is -1.72. The molecule has 2 rings (SSSR count). The Morgan fingerprint density at radius 3 is 3.00 bits per heavy atom. The number of hydrogen-bond acceptors (Lipinski definition) is 4. The molecule has 2 unspecified atom stereocenters. The first-order valence-corrected chi connectivity index (χ1v) is 5.82. The first kappa shape index (κ1) is 11.8. The highest BCUT2D eigenvalue weighted by Gasteiger charge is 2.35. The largest absolute Gasteiger partial charge is 0.348 e. The second kappa shape index (κ2) is 5.07. The number of nitrogens with zero attached hydrogens (tertiary/aromatic N) is 2. The zero-order chi connectivity index (χ0) is 12.3. The highest BCUT2D eigenvalue weighted by Crippen LogP contribution is 2.32. The Bertz CT molecular complexity index is 402. The molecule has 17 heavy (non-hydrogen) atoms. The summed E-state index contributed by atoms with van der Waals surface area (Å²) in [7, 11) is 0. The van der Waals surface area contributed by atoms with Crippen LogP contribution in [0.5, 0.6) is 0 Å². The van der Waals surface area contributed by atoms with Crippen LogP contribution in [-0.2, 0) is 4.79 Å². The van der Waals surface area contributed by atoms with Gasteiger partial charge in [-0.05, 0) is 12.8 Å². The maximum absolute atomic E-state index is 11.8. The van der Waals surface area contributed by atoms with E-state index in [1.165, 1.54) is 0 Å². The van der Waals surface area contributed by atoms with Gasteiger partial charge in [0.05, 0.1) is 5.92 Å². The smallest absolute Gasteiger partial charge is 0.214 e. The van der Waals surface area contributed by atoms with E-state index in [0.717, 1.165) is 19.3 Å². The van der Waals surface area contributed by atoms with Crippen LogP contribution in [0.15, 0.2) is 12.4 Å². The van der Waals surface area contributed by atoms with E-state index < -0.39 is 5.92 Å². The number of hydrogen-bond donors (Lipinski definition) is 1. The summed E-state index contributed by atoms with van der Waals surface area (Å²) in [5.74, 6) is 0.0366. The van der Waals surface area contributed by atoms with E-state index in [-0.39, 0.29) is 23.2 Å². The van der Waals surface area contributed by atoms with Crippen molar-refractivity contribution in [3.63, 3.8) is 0 Å². The Morgan fingerprint density at radius 1 is 1.59 bits per heavy atom. The van der Waals surface area contributed by atoms with Gasteiger partial charge in [0.15, 0.2) is 0 Å². The third-order valence-corrected chi connectivity index (χ3v) is 3.30. The zero-order valence-corrected chi connectivity index (χ0v) is 9.46. The van der Waals surface area contributed by atoms with Crippen LogP contribution >= 0.6 is 0 Å². The summed E-state index contributed by atoms with van der Waals surface area (Å²) in [5, 5.41) is 10.7. The van der Waals surface area contributed by atoms with Crippen LogP contribution in [0.1, 0.15) is 37.4 Å². The van der Waals surface area contributed by atoms with Gasteiger partial charge in [0.1, 0.15) is 11.6 Å². The fourth-order valence-electron chi connectivity index (χ4n) is 2.48. The van der Waals surface area contributed by atoms with Gasteiger partial charge in [0, 0.05) is 29.7 Å². The van der Waals surface area contributed by atoms with Crippen LogP contribution in [0.2, 0.25) is 0 Å². The summed E-state index contributed by atoms with van der Waals surface area (Å²) < 4.78 is 0. The summed E-state index contributed by atoms with van der Waals surface area (Å²) in [6, 6.07) is 0. The van der Waals surface area contributed by atoms with Gasteiger partial charge in [0.2, 0.25) is 6.54 Å². The van der Waals surface area contributed by atoms with Gasteiger partial charge in [-0.3, -0.25) is 14.9 Å². The molecule has 0 spiro atoms. The predicted octanol–water partition coefficient (Wildman–Crippen LogP) is 1.53. The molecular weight excluding hydrogens is 222 g/mol. The molecule has 1 fully saturated rings. The van der Waals surface area contributed by atoms with Crippen molar-refractivity contribution in [3.05, 3.63) is 28.3 Å². The number of aromatic nitrogens is 2. The molecular formula is C11H15N3O3. The molecule has 6 nitrogen and oxygen atoms in total. The van der Waals surface area contributed by atoms with E-state index in [1.807, 2.05) is 0 Å². The maximum Gasteiger partial charge on any atom is 0.214 e. The molecule has 92 valence electrons. The SMILES string of the molecule is O=C1CCCCC1C(C[N+](=O)[O-])c1ncc[nH]1. The first-order valence-electron chi connectivity index (χ1n) is 5.82. The molecule has 0 saturated heterocycles. The van der Waals surface area contributed by atoms with Crippen molar-refractivity contribution in [1.29, 1.82) is 0 Å². The molecule has 1 aromatic heterocycles. The van der Waals surface area contributed by atoms with E-state index in [2.05, 4.69) is 9.97 Å². The molecule has 1 aliphatic rings. The van der Waals surface area contributed by atoms with Crippen molar-refractivity contribution in [3.8, 4) is 0 Å². The number of imidazole rings is 1. The Kier molecular flexibility index (Phi) is 3.51. The van der Waals surface area contributed by atoms with Crippen molar-refractivity contribution in [2.24, 2.45) is 5.92 Å². The fraction of sp³-hybridized carbons (Fsp3) is 0.636. The van der Waals surface area contributed by atoms with E-state index in [9.17, 15) is 14.9 Å². The molecule has 2 atom stereocenters. The monoisotopic (exact) mass is 237 g/mol. The average Bonchev–Trinajstić information content (AvgIpc) is 2.80. The van der Waals surface area contributed by atoms with Crippen LogP contribution in [0, 0.1) is 16.0 Å². The summed E-state index contributed by atoms with van der Waals surface area (Å²) in [5.41, 5.74) is 0. The quantitative estimate of drug-likeness (QED) is 0.635. The van der Waals surface area contributed by atoms with Crippen LogP contribution in [-0.4, -0.2) is 27.2 Å². The van der Waals surface area contributed by atoms with E-state index in [4.69, 9.17) is 0 Å². The van der Waals surface area contributed by atoms with Crippen molar-refractivity contribution in [1.82, 2.24) is 9.97 Å². The predicted molar refractivity (Wildman–Crippen MR) is 60.2 cm³/mol. The summed E-state index contributed by atoms with van der Waals surface area (Å²) in [4.78, 5) is 29.1. The highest BCUT2D eigenvalue weighted by molar-refractivity contribution is 5.82. The molecule has 6 heteroatoms. The number of nitrogens with one attached hydrogen (secondary N) is 1. The molecule has 1 saturated carbocycles. The van der Waals surface area contributed by atoms with Crippen LogP contribution in [0.3, 0.4) is 0 Å². The van der Waals surface area contributed by atoms with Crippen LogP contribution in [0.4, 0.5) is 0 Å². The van der Waals surface area contributed by atoms with Gasteiger partial charge < -0.3 is 4.98 Å². The summed E-state index contributed by atoms with van der Waals surface area (Å²) in [6.45, 7) is -0.232. The molecule has 1 N–H and O–H groups in total. The molecule has 1 heterocycles. The summed E-state index contributed by atoms with van der Waals surface area (Å²) >= 11 is 0. The van der Waals surface area contributed by atoms with Crippen LogP contribution < -0.4 is 0 Å². The molecule has 0 aromatic carbocycles. The lowest BCUT2D eigenvalue weighted by atomic mass is 9.78. The Balaban J connectivity index is 2.20. The number of nitro groups is 1. The third kappa shape index (κ3) is 2.69. The topological polar surface area (TPSA) is 88.9 Å². The molecule has 1 aromatic rings. The van der Waals surface area contributed by atoms with Gasteiger partial charge in [-0.15, -0.1) is 0 Å². The number of ketones is 1. The van der Waals surface area contributed by atoms with Crippen LogP contribution in [0.25, 0.3) is 0 Å². The lowest BCUT2D eigenvalue weighted by Gasteiger charge is -2.25. The normalized spacial score (nSPS) is 22.4. The number of H-pyrrole nitrogens is 1. The Labute approximate surface area is 98.6 Å². The number of aromatic amines is 1. The molecule has 0 aliphatic heterocycles. The van der Waals surface area contributed by atoms with Gasteiger partial charge >= 0.3 is 0 Å². The summed E-state index contributed by atoms with van der Waals surface area (Å²) in [6.07, 6.45) is 6.34. The molecule has 0 bridgehead atoms. The third-order valence-electron chi connectivity index (χ3n) is 3.30. The van der Waals surface area contributed by atoms with Crippen molar-refractivity contribution in [2.45, 2.75) is 31.6 Å². The highest BCUT2D eigenvalue weighted by atomic mass is 16.6. The van der Waals surface area contributed by atoms with Gasteiger partial charge in [0.25, 0.3) is 0 Å². The number of Topliss-reactive ketones (excluding diaryl/α,β-unsaturated/α-hetero) is 1.